The lowest BCUT2D eigenvalue weighted by atomic mass is 10.1. The lowest BCUT2D eigenvalue weighted by Crippen LogP contribution is -2.16. The molecule has 1 N–H and O–H groups in total. The summed E-state index contributed by atoms with van der Waals surface area (Å²) in [5.74, 6) is 1.28. The van der Waals surface area contributed by atoms with Crippen LogP contribution in [0.25, 0.3) is 0 Å². The van der Waals surface area contributed by atoms with Crippen LogP contribution in [-0.4, -0.2) is 11.7 Å². The van der Waals surface area contributed by atoms with Gasteiger partial charge in [0.2, 0.25) is 5.91 Å². The van der Waals surface area contributed by atoms with Crippen molar-refractivity contribution in [2.24, 2.45) is 0 Å². The number of hydrogen-bond donors (Lipinski definition) is 1. The van der Waals surface area contributed by atoms with E-state index in [4.69, 9.17) is 11.6 Å². The Morgan fingerprint density at radius 2 is 1.68 bits per heavy atom. The third kappa shape index (κ3) is 4.79. The Morgan fingerprint density at radius 3 is 2.27 bits per heavy atom. The van der Waals surface area contributed by atoms with Gasteiger partial charge in [-0.15, -0.1) is 11.8 Å². The molecular weight excluding hydrogens is 314 g/mol. The maximum absolute atomic E-state index is 12.1. The Kier molecular flexibility index (Phi) is 5.92. The van der Waals surface area contributed by atoms with E-state index in [0.29, 0.717) is 5.75 Å². The molecule has 0 aromatic heterocycles. The molecule has 2 rings (SSSR count). The third-order valence-electron chi connectivity index (χ3n) is 3.36. The quantitative estimate of drug-likeness (QED) is 0.821. The highest BCUT2D eigenvalue weighted by Gasteiger charge is 2.08. The predicted octanol–water partition coefficient (Wildman–Crippen LogP) is 5.14. The number of carbonyl (C=O) groups is 1. The average molecular weight is 334 g/mol. The summed E-state index contributed by atoms with van der Waals surface area (Å²) in [5.41, 5.74) is 5.53. The highest BCUT2D eigenvalue weighted by atomic mass is 35.5. The Morgan fingerprint density at radius 1 is 1.09 bits per heavy atom. The molecule has 2 aromatic rings. The molecule has 0 heterocycles. The molecule has 0 saturated heterocycles. The number of amides is 1. The molecule has 0 unspecified atom stereocenters. The van der Waals surface area contributed by atoms with E-state index in [1.54, 1.807) is 11.8 Å². The van der Waals surface area contributed by atoms with Crippen molar-refractivity contribution >= 4 is 35.0 Å². The lowest BCUT2D eigenvalue weighted by Gasteiger charge is -2.12. The number of hydrogen-bond acceptors (Lipinski definition) is 2. The molecule has 0 fully saturated rings. The largest absolute Gasteiger partial charge is 0.325 e. The van der Waals surface area contributed by atoms with Crippen LogP contribution < -0.4 is 5.32 Å². The van der Waals surface area contributed by atoms with Crippen molar-refractivity contribution in [1.82, 2.24) is 0 Å². The second-order valence-electron chi connectivity index (χ2n) is 5.44. The molecule has 2 aromatic carbocycles. The molecule has 0 atom stereocenters. The lowest BCUT2D eigenvalue weighted by molar-refractivity contribution is -0.113. The highest BCUT2D eigenvalue weighted by molar-refractivity contribution is 7.99. The fourth-order valence-corrected chi connectivity index (χ4v) is 3.31. The minimum atomic E-state index is 0.0361. The minimum Gasteiger partial charge on any atom is -0.325 e. The van der Waals surface area contributed by atoms with E-state index < -0.39 is 0 Å². The van der Waals surface area contributed by atoms with E-state index >= 15 is 0 Å². The summed E-state index contributed by atoms with van der Waals surface area (Å²) in [4.78, 5) is 12.1. The number of thioether (sulfide) groups is 1. The van der Waals surface area contributed by atoms with Crippen LogP contribution in [0.2, 0.25) is 5.02 Å². The van der Waals surface area contributed by atoms with Gasteiger partial charge in [-0.05, 0) is 49.6 Å². The van der Waals surface area contributed by atoms with Gasteiger partial charge in [0.1, 0.15) is 0 Å². The molecule has 2 nitrogen and oxygen atoms in total. The molecule has 0 spiro atoms. The Balaban J connectivity index is 1.87. The molecule has 1 amide bonds. The summed E-state index contributed by atoms with van der Waals surface area (Å²) in [5, 5.41) is 3.75. The van der Waals surface area contributed by atoms with Crippen molar-refractivity contribution in [3.63, 3.8) is 0 Å². The number of rotatable bonds is 5. The summed E-state index contributed by atoms with van der Waals surface area (Å²) in [6.45, 7) is 6.11. The maximum atomic E-state index is 12.1. The van der Waals surface area contributed by atoms with E-state index in [1.165, 1.54) is 11.1 Å². The van der Waals surface area contributed by atoms with Gasteiger partial charge in [-0.2, -0.15) is 0 Å². The first kappa shape index (κ1) is 16.9. The van der Waals surface area contributed by atoms with Crippen LogP contribution in [0, 0.1) is 20.8 Å². The van der Waals surface area contributed by atoms with Crippen molar-refractivity contribution in [1.29, 1.82) is 0 Å². The summed E-state index contributed by atoms with van der Waals surface area (Å²) in [6.07, 6.45) is 0. The molecule has 0 radical (unpaired) electrons. The van der Waals surface area contributed by atoms with Crippen molar-refractivity contribution in [2.75, 3.05) is 11.1 Å². The summed E-state index contributed by atoms with van der Waals surface area (Å²) >= 11 is 7.46. The van der Waals surface area contributed by atoms with Crippen molar-refractivity contribution in [3.8, 4) is 0 Å². The Labute approximate surface area is 141 Å². The van der Waals surface area contributed by atoms with Gasteiger partial charge in [-0.1, -0.05) is 41.4 Å². The molecule has 116 valence electrons. The smallest absolute Gasteiger partial charge is 0.234 e. The zero-order valence-electron chi connectivity index (χ0n) is 13.1. The number of benzene rings is 2. The van der Waals surface area contributed by atoms with Crippen molar-refractivity contribution < 1.29 is 4.79 Å². The van der Waals surface area contributed by atoms with Gasteiger partial charge in [0.25, 0.3) is 0 Å². The van der Waals surface area contributed by atoms with Crippen molar-refractivity contribution in [2.45, 2.75) is 26.5 Å². The van der Waals surface area contributed by atoms with Crippen LogP contribution in [0.5, 0.6) is 0 Å². The van der Waals surface area contributed by atoms with Gasteiger partial charge in [0, 0.05) is 16.5 Å². The SMILES string of the molecule is Cc1cc(C)c(NC(=O)CSCc2ccc(Cl)cc2)c(C)c1. The summed E-state index contributed by atoms with van der Waals surface area (Å²) in [7, 11) is 0. The molecular formula is C18H20ClNOS. The molecule has 0 bridgehead atoms. The maximum Gasteiger partial charge on any atom is 0.234 e. The number of carbonyl (C=O) groups excluding carboxylic acids is 1. The number of aryl methyl sites for hydroxylation is 3. The van der Waals surface area contributed by atoms with Crippen molar-refractivity contribution in [3.05, 3.63) is 63.7 Å². The highest BCUT2D eigenvalue weighted by Crippen LogP contribution is 2.22. The fraction of sp³-hybridized carbons (Fsp3) is 0.278. The van der Waals surface area contributed by atoms with Gasteiger partial charge in [0.15, 0.2) is 0 Å². The number of nitrogens with one attached hydrogen (secondary N) is 1. The molecule has 0 aliphatic rings. The standard InChI is InChI=1S/C18H20ClNOS/c1-12-8-13(2)18(14(3)9-12)20-17(21)11-22-10-15-4-6-16(19)7-5-15/h4-9H,10-11H2,1-3H3,(H,20,21). The second kappa shape index (κ2) is 7.70. The molecule has 4 heteroatoms. The third-order valence-corrected chi connectivity index (χ3v) is 4.61. The van der Waals surface area contributed by atoms with Crippen LogP contribution in [0.3, 0.4) is 0 Å². The molecule has 0 aliphatic heterocycles. The predicted molar refractivity (Wildman–Crippen MR) is 96.9 cm³/mol. The van der Waals surface area contributed by atoms with Gasteiger partial charge < -0.3 is 5.32 Å². The number of anilines is 1. The topological polar surface area (TPSA) is 29.1 Å². The van der Waals surface area contributed by atoms with E-state index in [-0.39, 0.29) is 5.91 Å². The number of halogens is 1. The minimum absolute atomic E-state index is 0.0361. The van der Waals surface area contributed by atoms with Gasteiger partial charge in [-0.25, -0.2) is 0 Å². The average Bonchev–Trinajstić information content (AvgIpc) is 2.45. The molecule has 0 aliphatic carbocycles. The zero-order chi connectivity index (χ0) is 16.1. The van der Waals surface area contributed by atoms with Crippen LogP contribution >= 0.6 is 23.4 Å². The zero-order valence-corrected chi connectivity index (χ0v) is 14.6. The normalized spacial score (nSPS) is 10.5. The van der Waals surface area contributed by atoms with E-state index in [0.717, 1.165) is 27.6 Å². The van der Waals surface area contributed by atoms with E-state index in [1.807, 2.05) is 38.1 Å². The van der Waals surface area contributed by atoms with E-state index in [9.17, 15) is 4.79 Å². The Hall–Kier alpha value is -1.45. The first-order valence-electron chi connectivity index (χ1n) is 7.15. The van der Waals surface area contributed by atoms with Crippen LogP contribution in [-0.2, 0) is 10.5 Å². The van der Waals surface area contributed by atoms with Crippen LogP contribution in [0.15, 0.2) is 36.4 Å². The first-order valence-corrected chi connectivity index (χ1v) is 8.69. The van der Waals surface area contributed by atoms with E-state index in [2.05, 4.69) is 24.4 Å². The molecule has 0 saturated carbocycles. The fourth-order valence-electron chi connectivity index (χ4n) is 2.39. The monoisotopic (exact) mass is 333 g/mol. The second-order valence-corrected chi connectivity index (χ2v) is 6.86. The van der Waals surface area contributed by atoms with Gasteiger partial charge >= 0.3 is 0 Å². The van der Waals surface area contributed by atoms with Crippen LogP contribution in [0.4, 0.5) is 5.69 Å². The molecule has 22 heavy (non-hydrogen) atoms. The van der Waals surface area contributed by atoms with Gasteiger partial charge in [0.05, 0.1) is 5.75 Å². The summed E-state index contributed by atoms with van der Waals surface area (Å²) < 4.78 is 0. The van der Waals surface area contributed by atoms with Gasteiger partial charge in [-0.3, -0.25) is 4.79 Å². The van der Waals surface area contributed by atoms with Crippen LogP contribution in [0.1, 0.15) is 22.3 Å². The summed E-state index contributed by atoms with van der Waals surface area (Å²) in [6, 6.07) is 11.9. The first-order chi connectivity index (χ1) is 10.5. The Bertz CT molecular complexity index is 644.